The highest BCUT2D eigenvalue weighted by atomic mass is 15.1. The fourth-order valence-corrected chi connectivity index (χ4v) is 4.27. The molecule has 3 rings (SSSR count). The molecule has 0 aromatic heterocycles. The number of nitrogens with two attached hydrogens (primary N) is 1. The lowest BCUT2D eigenvalue weighted by Crippen LogP contribution is -2.29. The number of allylic oxidation sites excluding steroid dienone is 2. The van der Waals surface area contributed by atoms with Gasteiger partial charge in [-0.15, -0.1) is 0 Å². The first-order chi connectivity index (χ1) is 15.2. The minimum Gasteiger partial charge on any atom is -0.402 e. The van der Waals surface area contributed by atoms with E-state index in [-0.39, 0.29) is 0 Å². The van der Waals surface area contributed by atoms with Crippen LogP contribution in [0.2, 0.25) is 0 Å². The molecule has 3 N–H and O–H groups in total. The van der Waals surface area contributed by atoms with Crippen molar-refractivity contribution in [3.8, 4) is 0 Å². The topological polar surface area (TPSA) is 53.7 Å². The number of rotatable bonds is 10. The van der Waals surface area contributed by atoms with E-state index in [1.54, 1.807) is 17.3 Å². The molecule has 0 fully saturated rings. The Balaban J connectivity index is 0.000000280. The van der Waals surface area contributed by atoms with E-state index in [0.29, 0.717) is 0 Å². The molecule has 1 aromatic carbocycles. The van der Waals surface area contributed by atoms with Gasteiger partial charge >= 0.3 is 0 Å². The third-order valence-electron chi connectivity index (χ3n) is 6.34. The number of fused-ring (bicyclic) bond motifs is 1. The molecule has 4 nitrogen and oxygen atoms in total. The van der Waals surface area contributed by atoms with E-state index in [4.69, 9.17) is 5.73 Å². The summed E-state index contributed by atoms with van der Waals surface area (Å²) in [6.45, 7) is 10.2. The third kappa shape index (κ3) is 9.40. The van der Waals surface area contributed by atoms with Crippen molar-refractivity contribution in [3.63, 3.8) is 0 Å². The Hall–Kier alpha value is -1.91. The highest BCUT2D eigenvalue weighted by molar-refractivity contribution is 6.01. The van der Waals surface area contributed by atoms with Gasteiger partial charge in [-0.1, -0.05) is 37.8 Å². The van der Waals surface area contributed by atoms with Crippen LogP contribution in [-0.2, 0) is 12.8 Å². The molecule has 0 saturated heterocycles. The summed E-state index contributed by atoms with van der Waals surface area (Å²) < 4.78 is 0. The van der Waals surface area contributed by atoms with Gasteiger partial charge in [-0.05, 0) is 101 Å². The van der Waals surface area contributed by atoms with Gasteiger partial charge in [0.05, 0.1) is 0 Å². The molecule has 0 saturated carbocycles. The van der Waals surface area contributed by atoms with E-state index in [9.17, 15) is 0 Å². The fraction of sp³-hybridized carbons (Fsp3) is 0.593. The van der Waals surface area contributed by atoms with E-state index in [2.05, 4.69) is 60.0 Å². The molecule has 0 unspecified atom stereocenters. The van der Waals surface area contributed by atoms with Crippen LogP contribution >= 0.6 is 0 Å². The van der Waals surface area contributed by atoms with Gasteiger partial charge in [0.25, 0.3) is 0 Å². The number of likely N-dealkylation sites (N-methyl/N-ethyl adjacent to an activating group) is 1. The van der Waals surface area contributed by atoms with E-state index < -0.39 is 0 Å². The van der Waals surface area contributed by atoms with Crippen LogP contribution in [0.5, 0.6) is 0 Å². The number of benzene rings is 1. The Morgan fingerprint density at radius 3 is 2.32 bits per heavy atom. The van der Waals surface area contributed by atoms with Crippen molar-refractivity contribution in [1.29, 1.82) is 0 Å². The van der Waals surface area contributed by atoms with Gasteiger partial charge in [0, 0.05) is 30.7 Å². The molecule has 172 valence electrons. The minimum atomic E-state index is 0.985. The van der Waals surface area contributed by atoms with Crippen LogP contribution in [0, 0.1) is 0 Å². The lowest BCUT2D eigenvalue weighted by atomic mass is 9.91. The lowest BCUT2D eigenvalue weighted by molar-refractivity contribution is 0.349. The summed E-state index contributed by atoms with van der Waals surface area (Å²) in [6, 6.07) is 8.80. The zero-order valence-electron chi connectivity index (χ0n) is 20.0. The normalized spacial score (nSPS) is 16.5. The average molecular weight is 425 g/mol. The molecule has 31 heavy (non-hydrogen) atoms. The average Bonchev–Trinajstić information content (AvgIpc) is 2.81. The highest BCUT2D eigenvalue weighted by Gasteiger charge is 2.15. The van der Waals surface area contributed by atoms with Crippen molar-refractivity contribution >= 4 is 5.71 Å². The number of nitrogens with zero attached hydrogens (tertiary/aromatic N) is 2. The second-order valence-electron chi connectivity index (χ2n) is 8.69. The number of hydrogen-bond donors (Lipinski definition) is 2. The number of aliphatic imine (C=N–C) groups is 1. The second-order valence-corrected chi connectivity index (χ2v) is 8.69. The SMILES string of the molecule is C=CN=C(CCCNCCN(C)CC)C1=C(N)CCCC1.c1ccc2c(c1)CCCC2. The Kier molecular flexibility index (Phi) is 12.3. The Labute approximate surface area is 190 Å². The number of aryl methyl sites for hydroxylation is 2. The predicted molar refractivity (Wildman–Crippen MR) is 136 cm³/mol. The van der Waals surface area contributed by atoms with Gasteiger partial charge in [-0.25, -0.2) is 0 Å². The van der Waals surface area contributed by atoms with E-state index in [1.807, 2.05) is 0 Å². The summed E-state index contributed by atoms with van der Waals surface area (Å²) in [7, 11) is 2.15. The molecule has 1 aromatic rings. The van der Waals surface area contributed by atoms with Gasteiger partial charge in [-0.2, -0.15) is 0 Å². The molecule has 2 aliphatic carbocycles. The van der Waals surface area contributed by atoms with Crippen molar-refractivity contribution in [2.24, 2.45) is 10.7 Å². The summed E-state index contributed by atoms with van der Waals surface area (Å²) in [6.07, 6.45) is 13.6. The molecule has 0 atom stereocenters. The largest absolute Gasteiger partial charge is 0.402 e. The van der Waals surface area contributed by atoms with Crippen LogP contribution in [0.25, 0.3) is 0 Å². The minimum absolute atomic E-state index is 0.985. The lowest BCUT2D eigenvalue weighted by Gasteiger charge is -2.19. The van der Waals surface area contributed by atoms with Gasteiger partial charge in [0.2, 0.25) is 0 Å². The Morgan fingerprint density at radius 1 is 1.06 bits per heavy atom. The van der Waals surface area contributed by atoms with Crippen LogP contribution < -0.4 is 11.1 Å². The predicted octanol–water partition coefficient (Wildman–Crippen LogP) is 5.24. The summed E-state index contributed by atoms with van der Waals surface area (Å²) >= 11 is 0. The van der Waals surface area contributed by atoms with Gasteiger partial charge in [-0.3, -0.25) is 4.99 Å². The molecule has 0 aliphatic heterocycles. The summed E-state index contributed by atoms with van der Waals surface area (Å²) in [4.78, 5) is 6.77. The van der Waals surface area contributed by atoms with Crippen molar-refractivity contribution in [2.75, 3.05) is 33.2 Å². The summed E-state index contributed by atoms with van der Waals surface area (Å²) in [5.41, 5.74) is 12.8. The van der Waals surface area contributed by atoms with Gasteiger partial charge < -0.3 is 16.0 Å². The zero-order valence-corrected chi connectivity index (χ0v) is 20.0. The maximum Gasteiger partial charge on any atom is 0.0452 e. The van der Waals surface area contributed by atoms with Crippen molar-refractivity contribution < 1.29 is 0 Å². The summed E-state index contributed by atoms with van der Waals surface area (Å²) in [5.74, 6) is 0. The van der Waals surface area contributed by atoms with Gasteiger partial charge in [0.1, 0.15) is 0 Å². The third-order valence-corrected chi connectivity index (χ3v) is 6.34. The van der Waals surface area contributed by atoms with Crippen molar-refractivity contribution in [3.05, 3.63) is 59.4 Å². The first kappa shape index (κ1) is 25.4. The van der Waals surface area contributed by atoms with Crippen LogP contribution in [0.1, 0.15) is 69.4 Å². The van der Waals surface area contributed by atoms with E-state index >= 15 is 0 Å². The first-order valence-corrected chi connectivity index (χ1v) is 12.3. The van der Waals surface area contributed by atoms with Gasteiger partial charge in [0.15, 0.2) is 0 Å². The molecule has 4 heteroatoms. The molecule has 0 radical (unpaired) electrons. The fourth-order valence-electron chi connectivity index (χ4n) is 4.27. The molecular weight excluding hydrogens is 380 g/mol. The zero-order chi connectivity index (χ0) is 22.3. The Bertz CT molecular complexity index is 695. The van der Waals surface area contributed by atoms with E-state index in [1.165, 1.54) is 44.1 Å². The van der Waals surface area contributed by atoms with Crippen LogP contribution in [0.15, 0.2) is 53.3 Å². The number of nitrogens with one attached hydrogen (secondary N) is 1. The van der Waals surface area contributed by atoms with Crippen LogP contribution in [0.4, 0.5) is 0 Å². The van der Waals surface area contributed by atoms with Crippen molar-refractivity contribution in [2.45, 2.75) is 71.1 Å². The second kappa shape index (κ2) is 15.0. The molecule has 2 aliphatic rings. The summed E-state index contributed by atoms with van der Waals surface area (Å²) in [5, 5.41) is 3.49. The highest BCUT2D eigenvalue weighted by Crippen LogP contribution is 2.24. The maximum absolute atomic E-state index is 6.15. The molecular formula is C27H44N4. The monoisotopic (exact) mass is 424 g/mol. The molecule has 0 bridgehead atoms. The standard InChI is InChI=1S/C17H32N4.C10H12/c1-4-20-17(15-9-6-7-10-16(15)18)11-8-12-19-13-14-21(3)5-2;1-2-6-10-8-4-3-7-9(10)5-1/h4,19H,1,5-14,18H2,2-3H3;1-2,5-6H,3-4,7-8H2. The van der Waals surface area contributed by atoms with E-state index in [0.717, 1.165) is 63.3 Å². The number of hydrogen-bond acceptors (Lipinski definition) is 4. The quantitative estimate of drug-likeness (QED) is 0.399. The van der Waals surface area contributed by atoms with Crippen molar-refractivity contribution in [1.82, 2.24) is 10.2 Å². The molecule has 0 amide bonds. The van der Waals surface area contributed by atoms with Crippen LogP contribution in [0.3, 0.4) is 0 Å². The smallest absolute Gasteiger partial charge is 0.0452 e. The Morgan fingerprint density at radius 2 is 1.71 bits per heavy atom. The molecule has 0 heterocycles. The maximum atomic E-state index is 6.15. The van der Waals surface area contributed by atoms with Crippen LogP contribution in [-0.4, -0.2) is 43.8 Å². The molecule has 0 spiro atoms. The first-order valence-electron chi connectivity index (χ1n) is 12.3.